The second kappa shape index (κ2) is 8.83. The smallest absolute Gasteiger partial charge is 0.269 e. The summed E-state index contributed by atoms with van der Waals surface area (Å²) in [7, 11) is 0. The largest absolute Gasteiger partial charge is 0.457 e. The van der Waals surface area contributed by atoms with Crippen LogP contribution in [0, 0.1) is 0 Å². The summed E-state index contributed by atoms with van der Waals surface area (Å²) in [6.07, 6.45) is 3.21. The number of likely N-dealkylation sites (tertiary alicyclic amines) is 2. The van der Waals surface area contributed by atoms with Gasteiger partial charge in [-0.3, -0.25) is 14.5 Å². The number of carbonyl (C=O) groups is 2. The van der Waals surface area contributed by atoms with Crippen LogP contribution in [0.1, 0.15) is 35.1 Å². The van der Waals surface area contributed by atoms with E-state index in [1.807, 2.05) is 59.5 Å². The number of carbonyl (C=O) groups excluding carboxylic acids is 2. The quantitative estimate of drug-likeness (QED) is 0.521. The zero-order chi connectivity index (χ0) is 24.8. The van der Waals surface area contributed by atoms with Gasteiger partial charge in [-0.1, -0.05) is 24.8 Å². The lowest BCUT2D eigenvalue weighted by molar-refractivity contribution is -0.128. The van der Waals surface area contributed by atoms with Crippen LogP contribution >= 0.6 is 0 Å². The highest BCUT2D eigenvalue weighted by atomic mass is 16.5. The number of amides is 2. The molecule has 3 aromatic rings. The monoisotopic (exact) mass is 484 g/mol. The molecule has 3 aliphatic heterocycles. The number of para-hydroxylation sites is 1. The summed E-state index contributed by atoms with van der Waals surface area (Å²) >= 11 is 0. The molecule has 0 radical (unpaired) electrons. The van der Waals surface area contributed by atoms with Gasteiger partial charge in [-0.25, -0.2) is 4.68 Å². The number of ether oxygens (including phenoxy) is 1. The molecule has 2 bridgehead atoms. The fraction of sp³-hybridized carbons (Fsp3) is 0.296. The zero-order valence-electron chi connectivity index (χ0n) is 19.8. The molecule has 0 spiro atoms. The molecule has 9 nitrogen and oxygen atoms in total. The average Bonchev–Trinajstić information content (AvgIpc) is 3.62. The number of hydrogen-bond donors (Lipinski definition) is 2. The minimum Gasteiger partial charge on any atom is -0.457 e. The van der Waals surface area contributed by atoms with E-state index in [0.29, 0.717) is 23.7 Å². The molecule has 6 rings (SSSR count). The summed E-state index contributed by atoms with van der Waals surface area (Å²) in [5.41, 5.74) is 8.45. The maximum atomic E-state index is 12.6. The molecule has 3 aliphatic rings. The van der Waals surface area contributed by atoms with Crippen LogP contribution in [-0.2, 0) is 4.79 Å². The number of benzene rings is 2. The Morgan fingerprint density at radius 1 is 1.06 bits per heavy atom. The summed E-state index contributed by atoms with van der Waals surface area (Å²) in [4.78, 5) is 29.1. The number of nitrogens with one attached hydrogen (secondary N) is 1. The summed E-state index contributed by atoms with van der Waals surface area (Å²) in [6.45, 7) is 5.84. The lowest BCUT2D eigenvalue weighted by atomic mass is 10.0. The van der Waals surface area contributed by atoms with E-state index >= 15 is 0 Å². The Morgan fingerprint density at radius 2 is 1.81 bits per heavy atom. The first-order chi connectivity index (χ1) is 17.5. The average molecular weight is 485 g/mol. The van der Waals surface area contributed by atoms with Gasteiger partial charge >= 0.3 is 0 Å². The van der Waals surface area contributed by atoms with Crippen molar-refractivity contribution in [1.82, 2.24) is 19.6 Å². The molecule has 2 aromatic carbocycles. The molecule has 0 saturated carbocycles. The first kappa shape index (κ1) is 22.4. The Kier molecular flexibility index (Phi) is 5.49. The molecular formula is C27H28N6O3. The molecule has 4 heterocycles. The van der Waals surface area contributed by atoms with E-state index < -0.39 is 5.91 Å². The normalized spacial score (nSPS) is 22.7. The Morgan fingerprint density at radius 3 is 2.47 bits per heavy atom. The number of aromatic nitrogens is 2. The van der Waals surface area contributed by atoms with Gasteiger partial charge < -0.3 is 20.7 Å². The van der Waals surface area contributed by atoms with Gasteiger partial charge in [-0.2, -0.15) is 5.10 Å². The van der Waals surface area contributed by atoms with Crippen molar-refractivity contribution in [3.63, 3.8) is 0 Å². The second-order valence-electron chi connectivity index (χ2n) is 9.46. The van der Waals surface area contributed by atoms with Gasteiger partial charge in [-0.05, 0) is 55.3 Å². The number of nitrogens with two attached hydrogens (primary N) is 1. The third-order valence-corrected chi connectivity index (χ3v) is 7.38. The topological polar surface area (TPSA) is 106 Å². The molecule has 2 fully saturated rings. The van der Waals surface area contributed by atoms with E-state index in [1.54, 1.807) is 4.68 Å². The summed E-state index contributed by atoms with van der Waals surface area (Å²) < 4.78 is 7.53. The molecule has 1 aromatic heterocycles. The second-order valence-corrected chi connectivity index (χ2v) is 9.46. The van der Waals surface area contributed by atoms with Crippen molar-refractivity contribution in [2.75, 3.05) is 25.0 Å². The molecule has 3 atom stereocenters. The van der Waals surface area contributed by atoms with Gasteiger partial charge in [0.15, 0.2) is 5.69 Å². The van der Waals surface area contributed by atoms with E-state index in [1.165, 1.54) is 6.08 Å². The van der Waals surface area contributed by atoms with E-state index in [2.05, 4.69) is 16.8 Å². The number of piperazine rings is 1. The highest BCUT2D eigenvalue weighted by Crippen LogP contribution is 2.43. The molecule has 0 aliphatic carbocycles. The number of fused-ring (bicyclic) bond motifs is 3. The Labute approximate surface area is 209 Å². The van der Waals surface area contributed by atoms with E-state index in [0.717, 1.165) is 43.1 Å². The number of rotatable bonds is 6. The SMILES string of the molecule is C=CC(=O)N1C[C@@H]2C[C@H]1CN2C1CCNc2c1nn(-c1ccc(Oc3ccccc3)cc1)c2C(N)=O. The van der Waals surface area contributed by atoms with Gasteiger partial charge in [0.25, 0.3) is 5.91 Å². The van der Waals surface area contributed by atoms with Crippen LogP contribution in [0.4, 0.5) is 5.69 Å². The zero-order valence-corrected chi connectivity index (χ0v) is 19.8. The van der Waals surface area contributed by atoms with Gasteiger partial charge in [0.05, 0.1) is 17.4 Å². The van der Waals surface area contributed by atoms with Crippen LogP contribution in [0.2, 0.25) is 0 Å². The first-order valence-electron chi connectivity index (χ1n) is 12.2. The Bertz CT molecular complexity index is 1320. The highest BCUT2D eigenvalue weighted by molar-refractivity contribution is 5.98. The van der Waals surface area contributed by atoms with Crippen LogP contribution in [0.5, 0.6) is 11.5 Å². The van der Waals surface area contributed by atoms with Gasteiger partial charge in [0.2, 0.25) is 5.91 Å². The lowest BCUT2D eigenvalue weighted by Gasteiger charge is -2.39. The van der Waals surface area contributed by atoms with Crippen LogP contribution in [-0.4, -0.2) is 63.1 Å². The Hall–Kier alpha value is -4.11. The predicted octanol–water partition coefficient (Wildman–Crippen LogP) is 3.09. The fourth-order valence-corrected chi connectivity index (χ4v) is 5.80. The Balaban J connectivity index is 1.29. The van der Waals surface area contributed by atoms with Crippen LogP contribution in [0.25, 0.3) is 5.69 Å². The molecule has 184 valence electrons. The van der Waals surface area contributed by atoms with Crippen molar-refractivity contribution in [2.24, 2.45) is 5.73 Å². The molecule has 2 saturated heterocycles. The van der Waals surface area contributed by atoms with Crippen molar-refractivity contribution >= 4 is 17.5 Å². The van der Waals surface area contributed by atoms with Crippen LogP contribution in [0.15, 0.2) is 67.3 Å². The summed E-state index contributed by atoms with van der Waals surface area (Å²) in [5.74, 6) is 0.892. The standard InChI is InChI=1S/C27H28N6O3/c1-2-23(34)32-16-18-14-19(32)15-31(18)22-12-13-29-25-24(22)30-33(26(25)27(28)35)17-8-10-21(11-9-17)36-20-6-4-3-5-7-20/h2-11,18-19,22,29H,1,12-16H2,(H2,28,35)/t18-,19-,22?/m0/s1. The summed E-state index contributed by atoms with van der Waals surface area (Å²) in [6, 6.07) is 17.5. The van der Waals surface area contributed by atoms with E-state index in [9.17, 15) is 9.59 Å². The van der Waals surface area contributed by atoms with Crippen molar-refractivity contribution in [3.8, 4) is 17.2 Å². The minimum absolute atomic E-state index is 0.00636. The van der Waals surface area contributed by atoms with Crippen LogP contribution in [0.3, 0.4) is 0 Å². The maximum Gasteiger partial charge on any atom is 0.269 e. The molecule has 36 heavy (non-hydrogen) atoms. The third-order valence-electron chi connectivity index (χ3n) is 7.38. The van der Waals surface area contributed by atoms with Crippen LogP contribution < -0.4 is 15.8 Å². The third kappa shape index (κ3) is 3.72. The highest BCUT2D eigenvalue weighted by Gasteiger charge is 2.48. The fourth-order valence-electron chi connectivity index (χ4n) is 5.80. The minimum atomic E-state index is -0.535. The number of anilines is 1. The molecule has 1 unspecified atom stereocenters. The van der Waals surface area contributed by atoms with E-state index in [-0.39, 0.29) is 24.0 Å². The van der Waals surface area contributed by atoms with Crippen molar-refractivity contribution in [2.45, 2.75) is 31.0 Å². The molecule has 9 heteroatoms. The van der Waals surface area contributed by atoms with Gasteiger partial charge in [-0.15, -0.1) is 0 Å². The molecular weight excluding hydrogens is 456 g/mol. The predicted molar refractivity (Wildman–Crippen MR) is 135 cm³/mol. The first-order valence-corrected chi connectivity index (χ1v) is 12.2. The van der Waals surface area contributed by atoms with Gasteiger partial charge in [0, 0.05) is 31.7 Å². The molecule has 3 N–H and O–H groups in total. The number of hydrogen-bond acceptors (Lipinski definition) is 6. The number of nitrogens with zero attached hydrogens (tertiary/aromatic N) is 4. The van der Waals surface area contributed by atoms with Crippen molar-refractivity contribution < 1.29 is 14.3 Å². The van der Waals surface area contributed by atoms with Gasteiger partial charge in [0.1, 0.15) is 17.2 Å². The number of primary amides is 1. The lowest BCUT2D eigenvalue weighted by Crippen LogP contribution is -2.50. The summed E-state index contributed by atoms with van der Waals surface area (Å²) in [5, 5.41) is 8.28. The van der Waals surface area contributed by atoms with Crippen molar-refractivity contribution in [1.29, 1.82) is 0 Å². The van der Waals surface area contributed by atoms with Crippen molar-refractivity contribution in [3.05, 3.63) is 78.6 Å². The maximum absolute atomic E-state index is 12.6. The molecule has 2 amide bonds. The van der Waals surface area contributed by atoms with E-state index in [4.69, 9.17) is 15.6 Å².